The molecule has 0 aliphatic heterocycles. The number of fused-ring (bicyclic) bond motifs is 1. The molecule has 1 aromatic heterocycles. The van der Waals surface area contributed by atoms with Crippen molar-refractivity contribution < 1.29 is 22.9 Å². The van der Waals surface area contributed by atoms with E-state index in [-0.39, 0.29) is 10.7 Å². The van der Waals surface area contributed by atoms with E-state index in [9.17, 15) is 23.3 Å². The van der Waals surface area contributed by atoms with Crippen LogP contribution in [-0.2, 0) is 16.4 Å². The number of methoxy groups -OCH3 is 1. The molecule has 9 nitrogen and oxygen atoms in total. The number of hydrogen-bond acceptors (Lipinski definition) is 6. The number of aromatic nitrogens is 1. The summed E-state index contributed by atoms with van der Waals surface area (Å²) in [4.78, 5) is 24.8. The fourth-order valence-electron chi connectivity index (χ4n) is 5.04. The van der Waals surface area contributed by atoms with Crippen LogP contribution in [0.5, 0.6) is 5.75 Å². The normalized spacial score (nSPS) is 12.3. The predicted octanol–water partition coefficient (Wildman–Crippen LogP) is 6.17. The minimum atomic E-state index is -4.15. The molecule has 0 fully saturated rings. The summed E-state index contributed by atoms with van der Waals surface area (Å²) in [6.45, 7) is 4.76. The first-order valence-corrected chi connectivity index (χ1v) is 14.6. The summed E-state index contributed by atoms with van der Waals surface area (Å²) >= 11 is 0. The number of rotatable bonds is 11. The van der Waals surface area contributed by atoms with Crippen molar-refractivity contribution in [1.29, 1.82) is 0 Å². The van der Waals surface area contributed by atoms with Gasteiger partial charge in [-0.2, -0.15) is 0 Å². The summed E-state index contributed by atoms with van der Waals surface area (Å²) in [6.07, 6.45) is 2.44. The quantitative estimate of drug-likeness (QED) is 0.172. The molecule has 4 aromatic rings. The molecule has 0 aliphatic carbocycles. The number of ether oxygens (including phenoxy) is 1. The van der Waals surface area contributed by atoms with E-state index in [1.54, 1.807) is 42.5 Å². The first-order valence-electron chi connectivity index (χ1n) is 13.1. The Kier molecular flexibility index (Phi) is 8.58. The van der Waals surface area contributed by atoms with Gasteiger partial charge in [0.05, 0.1) is 23.4 Å². The van der Waals surface area contributed by atoms with E-state index in [4.69, 9.17) is 4.74 Å². The standard InChI is InChI=1S/C30H33N3O6S/c1-5-6-8-23-9-7-10-27-28(23)29(26(19-32(35)36)22-13-15-24(39-4)16-14-22)30(33(27)21(3)34)31-40(37,38)25-17-11-20(2)12-18-25/h7,9-18,26,31H,5-6,8,19H2,1-4H3. The Labute approximate surface area is 234 Å². The monoisotopic (exact) mass is 563 g/mol. The predicted molar refractivity (Wildman–Crippen MR) is 156 cm³/mol. The van der Waals surface area contributed by atoms with Crippen molar-refractivity contribution in [1.82, 2.24) is 4.57 Å². The smallest absolute Gasteiger partial charge is 0.263 e. The molecule has 210 valence electrons. The van der Waals surface area contributed by atoms with E-state index in [1.807, 2.05) is 19.1 Å². The molecular weight excluding hydrogens is 530 g/mol. The third-order valence-corrected chi connectivity index (χ3v) is 8.35. The van der Waals surface area contributed by atoms with Gasteiger partial charge in [0.1, 0.15) is 11.6 Å². The summed E-state index contributed by atoms with van der Waals surface area (Å²) in [5, 5.41) is 12.7. The molecule has 0 aliphatic rings. The third kappa shape index (κ3) is 5.86. The van der Waals surface area contributed by atoms with Crippen molar-refractivity contribution in [2.24, 2.45) is 0 Å². The molecule has 40 heavy (non-hydrogen) atoms. The number of anilines is 1. The Hall–Kier alpha value is -4.18. The lowest BCUT2D eigenvalue weighted by molar-refractivity contribution is -0.481. The van der Waals surface area contributed by atoms with Crippen LogP contribution >= 0.6 is 0 Å². The second-order valence-electron chi connectivity index (χ2n) is 9.79. The maximum absolute atomic E-state index is 13.7. The molecule has 10 heteroatoms. The number of aryl methyl sites for hydroxylation is 2. The van der Waals surface area contributed by atoms with Gasteiger partial charge >= 0.3 is 0 Å². The first kappa shape index (κ1) is 28.8. The lowest BCUT2D eigenvalue weighted by atomic mass is 9.88. The first-order chi connectivity index (χ1) is 19.1. The fraction of sp³-hybridized carbons (Fsp3) is 0.300. The Morgan fingerprint density at radius 2 is 1.75 bits per heavy atom. The van der Waals surface area contributed by atoms with E-state index >= 15 is 0 Å². The Balaban J connectivity index is 2.07. The molecule has 0 saturated carbocycles. The van der Waals surface area contributed by atoms with Gasteiger partial charge in [-0.25, -0.2) is 8.42 Å². The van der Waals surface area contributed by atoms with Crippen molar-refractivity contribution in [3.63, 3.8) is 0 Å². The number of nitro groups is 1. The van der Waals surface area contributed by atoms with Crippen LogP contribution in [0.2, 0.25) is 0 Å². The fourth-order valence-corrected chi connectivity index (χ4v) is 6.11. The lowest BCUT2D eigenvalue weighted by Gasteiger charge is -2.19. The molecule has 1 atom stereocenters. The SMILES string of the molecule is CCCCc1cccc2c1c(C(C[N+](=O)[O-])c1ccc(OC)cc1)c(NS(=O)(=O)c1ccc(C)cc1)n2C(C)=O. The number of hydrogen-bond donors (Lipinski definition) is 1. The zero-order valence-corrected chi connectivity index (χ0v) is 23.8. The topological polar surface area (TPSA) is 121 Å². The summed E-state index contributed by atoms with van der Waals surface area (Å²) in [5.41, 5.74) is 3.28. The van der Waals surface area contributed by atoms with Crippen molar-refractivity contribution in [2.75, 3.05) is 18.4 Å². The van der Waals surface area contributed by atoms with Crippen LogP contribution in [0.1, 0.15) is 59.7 Å². The van der Waals surface area contributed by atoms with Gasteiger partial charge in [-0.05, 0) is 61.2 Å². The summed E-state index contributed by atoms with van der Waals surface area (Å²) in [5.74, 6) is -0.684. The number of nitrogens with one attached hydrogen (secondary N) is 1. The van der Waals surface area contributed by atoms with Crippen molar-refractivity contribution in [3.8, 4) is 5.75 Å². The van der Waals surface area contributed by atoms with Crippen molar-refractivity contribution >= 4 is 32.7 Å². The highest BCUT2D eigenvalue weighted by Crippen LogP contribution is 2.42. The third-order valence-electron chi connectivity index (χ3n) is 6.99. The number of unbranched alkanes of at least 4 members (excludes halogenated alkanes) is 1. The van der Waals surface area contributed by atoms with Crippen LogP contribution in [0.3, 0.4) is 0 Å². The van der Waals surface area contributed by atoms with Gasteiger partial charge in [0.15, 0.2) is 0 Å². The molecule has 3 aromatic carbocycles. The molecule has 0 amide bonds. The highest BCUT2D eigenvalue weighted by molar-refractivity contribution is 7.92. The molecular formula is C30H33N3O6S. The summed E-state index contributed by atoms with van der Waals surface area (Å²) in [7, 11) is -2.62. The number of nitrogens with zero attached hydrogens (tertiary/aromatic N) is 2. The second-order valence-corrected chi connectivity index (χ2v) is 11.5. The van der Waals surface area contributed by atoms with Gasteiger partial charge in [0, 0.05) is 22.8 Å². The van der Waals surface area contributed by atoms with E-state index in [1.165, 1.54) is 30.7 Å². The lowest BCUT2D eigenvalue weighted by Crippen LogP contribution is -2.21. The van der Waals surface area contributed by atoms with Gasteiger partial charge < -0.3 is 4.74 Å². The largest absolute Gasteiger partial charge is 0.497 e. The van der Waals surface area contributed by atoms with Gasteiger partial charge in [0.2, 0.25) is 12.5 Å². The summed E-state index contributed by atoms with van der Waals surface area (Å²) in [6, 6.07) is 18.7. The van der Waals surface area contributed by atoms with Crippen LogP contribution < -0.4 is 9.46 Å². The average molecular weight is 564 g/mol. The van der Waals surface area contributed by atoms with E-state index in [2.05, 4.69) is 11.6 Å². The van der Waals surface area contributed by atoms with Crippen LogP contribution in [0.4, 0.5) is 5.82 Å². The molecule has 0 radical (unpaired) electrons. The number of sulfonamides is 1. The molecule has 1 unspecified atom stereocenters. The van der Waals surface area contributed by atoms with Crippen LogP contribution in [0.25, 0.3) is 10.9 Å². The van der Waals surface area contributed by atoms with Crippen LogP contribution in [-0.4, -0.2) is 37.5 Å². The van der Waals surface area contributed by atoms with Gasteiger partial charge in [0.25, 0.3) is 10.0 Å². The Bertz CT molecular complexity index is 1640. The van der Waals surface area contributed by atoms with Crippen LogP contribution in [0.15, 0.2) is 71.6 Å². The average Bonchev–Trinajstić information content (AvgIpc) is 3.24. The molecule has 0 saturated heterocycles. The van der Waals surface area contributed by atoms with Gasteiger partial charge in [-0.3, -0.25) is 24.2 Å². The minimum Gasteiger partial charge on any atom is -0.497 e. The zero-order valence-electron chi connectivity index (χ0n) is 23.0. The number of carbonyl (C=O) groups is 1. The number of benzene rings is 3. The zero-order chi connectivity index (χ0) is 29.0. The maximum Gasteiger partial charge on any atom is 0.263 e. The molecule has 0 bridgehead atoms. The second kappa shape index (κ2) is 11.9. The molecule has 1 N–H and O–H groups in total. The van der Waals surface area contributed by atoms with Crippen LogP contribution in [0, 0.1) is 17.0 Å². The Morgan fingerprint density at radius 1 is 1.07 bits per heavy atom. The van der Waals surface area contributed by atoms with E-state index in [0.717, 1.165) is 24.0 Å². The Morgan fingerprint density at radius 3 is 2.33 bits per heavy atom. The van der Waals surface area contributed by atoms with E-state index < -0.39 is 33.3 Å². The van der Waals surface area contributed by atoms with Crippen molar-refractivity contribution in [2.45, 2.75) is 50.8 Å². The minimum absolute atomic E-state index is 0.00897. The highest BCUT2D eigenvalue weighted by Gasteiger charge is 2.33. The van der Waals surface area contributed by atoms with E-state index in [0.29, 0.717) is 34.2 Å². The molecule has 4 rings (SSSR count). The molecule has 0 spiro atoms. The number of carbonyl (C=O) groups excluding carboxylic acids is 1. The van der Waals surface area contributed by atoms with Crippen molar-refractivity contribution in [3.05, 3.63) is 99.1 Å². The highest BCUT2D eigenvalue weighted by atomic mass is 32.2. The molecule has 1 heterocycles. The van der Waals surface area contributed by atoms with Gasteiger partial charge in [-0.15, -0.1) is 0 Å². The maximum atomic E-state index is 13.7. The van der Waals surface area contributed by atoms with Gasteiger partial charge in [-0.1, -0.05) is 55.3 Å². The summed E-state index contributed by atoms with van der Waals surface area (Å²) < 4.78 is 36.6.